The number of nitrogens with zero attached hydrogens (tertiary/aromatic N) is 3. The number of ether oxygens (including phenoxy) is 1. The van der Waals surface area contributed by atoms with Crippen LogP contribution in [-0.4, -0.2) is 22.1 Å². The lowest BCUT2D eigenvalue weighted by Gasteiger charge is -2.08. The number of methoxy groups -OCH3 is 1. The van der Waals surface area contributed by atoms with Gasteiger partial charge in [0.25, 0.3) is 0 Å². The molecular weight excluding hydrogens is 318 g/mol. The van der Waals surface area contributed by atoms with E-state index in [0.717, 1.165) is 32.2 Å². The molecule has 4 nitrogen and oxygen atoms in total. The standard InChI is InChI=1S/C15H12BrN3O/c1-9-12-5-11(6-13(16)15(12)19-8-18-9)10-3-4-14(20-2)17-7-10/h3-8H,1-2H3. The number of aromatic nitrogens is 3. The first-order chi connectivity index (χ1) is 9.69. The average Bonchev–Trinajstić information content (AvgIpc) is 2.48. The average molecular weight is 330 g/mol. The maximum absolute atomic E-state index is 5.08. The zero-order valence-corrected chi connectivity index (χ0v) is 12.7. The van der Waals surface area contributed by atoms with E-state index in [0.29, 0.717) is 5.88 Å². The highest BCUT2D eigenvalue weighted by atomic mass is 79.9. The van der Waals surface area contributed by atoms with Crippen LogP contribution in [0, 0.1) is 6.92 Å². The third-order valence-corrected chi connectivity index (χ3v) is 3.77. The highest BCUT2D eigenvalue weighted by Gasteiger charge is 2.08. The summed E-state index contributed by atoms with van der Waals surface area (Å²) in [6.45, 7) is 1.98. The highest BCUT2D eigenvalue weighted by molar-refractivity contribution is 9.10. The lowest BCUT2D eigenvalue weighted by molar-refractivity contribution is 0.398. The highest BCUT2D eigenvalue weighted by Crippen LogP contribution is 2.30. The van der Waals surface area contributed by atoms with Gasteiger partial charge < -0.3 is 4.74 Å². The molecule has 0 amide bonds. The minimum atomic E-state index is 0.605. The van der Waals surface area contributed by atoms with Crippen molar-refractivity contribution in [3.8, 4) is 17.0 Å². The van der Waals surface area contributed by atoms with E-state index in [2.05, 4.69) is 36.9 Å². The third-order valence-electron chi connectivity index (χ3n) is 3.17. The van der Waals surface area contributed by atoms with Gasteiger partial charge >= 0.3 is 0 Å². The van der Waals surface area contributed by atoms with Crippen molar-refractivity contribution in [2.45, 2.75) is 6.92 Å². The first-order valence-electron chi connectivity index (χ1n) is 6.10. The quantitative estimate of drug-likeness (QED) is 0.718. The molecule has 100 valence electrons. The van der Waals surface area contributed by atoms with E-state index in [9.17, 15) is 0 Å². The van der Waals surface area contributed by atoms with Gasteiger partial charge in [-0.1, -0.05) is 0 Å². The van der Waals surface area contributed by atoms with Gasteiger partial charge in [0.05, 0.1) is 12.6 Å². The Balaban J connectivity index is 2.18. The normalized spacial score (nSPS) is 10.8. The number of halogens is 1. The van der Waals surface area contributed by atoms with Crippen LogP contribution in [0.5, 0.6) is 5.88 Å². The van der Waals surface area contributed by atoms with Gasteiger partial charge in [-0.25, -0.2) is 15.0 Å². The lowest BCUT2D eigenvalue weighted by Crippen LogP contribution is -1.91. The lowest BCUT2D eigenvalue weighted by atomic mass is 10.0. The van der Waals surface area contributed by atoms with Crippen molar-refractivity contribution in [1.82, 2.24) is 15.0 Å². The molecule has 3 rings (SSSR count). The molecule has 0 atom stereocenters. The molecule has 0 spiro atoms. The Labute approximate surface area is 125 Å². The zero-order chi connectivity index (χ0) is 14.1. The van der Waals surface area contributed by atoms with Crippen LogP contribution in [0.2, 0.25) is 0 Å². The molecule has 0 saturated heterocycles. The summed E-state index contributed by atoms with van der Waals surface area (Å²) in [7, 11) is 1.61. The fourth-order valence-electron chi connectivity index (χ4n) is 2.09. The number of hydrogen-bond acceptors (Lipinski definition) is 4. The summed E-state index contributed by atoms with van der Waals surface area (Å²) >= 11 is 3.57. The molecule has 20 heavy (non-hydrogen) atoms. The molecule has 0 unspecified atom stereocenters. The molecular formula is C15H12BrN3O. The third kappa shape index (κ3) is 2.25. The van der Waals surface area contributed by atoms with Crippen molar-refractivity contribution in [2.75, 3.05) is 7.11 Å². The molecule has 0 saturated carbocycles. The van der Waals surface area contributed by atoms with Gasteiger partial charge in [0.2, 0.25) is 5.88 Å². The van der Waals surface area contributed by atoms with Crippen molar-refractivity contribution >= 4 is 26.8 Å². The zero-order valence-electron chi connectivity index (χ0n) is 11.1. The first-order valence-corrected chi connectivity index (χ1v) is 6.89. The molecule has 0 N–H and O–H groups in total. The van der Waals surface area contributed by atoms with E-state index in [4.69, 9.17) is 4.74 Å². The minimum absolute atomic E-state index is 0.605. The number of benzene rings is 1. The van der Waals surface area contributed by atoms with Crippen LogP contribution < -0.4 is 4.74 Å². The summed E-state index contributed by atoms with van der Waals surface area (Å²) in [5.74, 6) is 0.605. The predicted molar refractivity (Wildman–Crippen MR) is 81.8 cm³/mol. The van der Waals surface area contributed by atoms with Crippen LogP contribution >= 0.6 is 15.9 Å². The molecule has 1 aromatic carbocycles. The number of fused-ring (bicyclic) bond motifs is 1. The Hall–Kier alpha value is -2.01. The van der Waals surface area contributed by atoms with Crippen molar-refractivity contribution in [2.24, 2.45) is 0 Å². The van der Waals surface area contributed by atoms with Crippen LogP contribution in [0.25, 0.3) is 22.0 Å². The second-order valence-corrected chi connectivity index (χ2v) is 5.26. The summed E-state index contributed by atoms with van der Waals surface area (Å²) < 4.78 is 6.03. The molecule has 3 aromatic rings. The largest absolute Gasteiger partial charge is 0.481 e. The molecule has 5 heteroatoms. The maximum Gasteiger partial charge on any atom is 0.212 e. The fraction of sp³-hybridized carbons (Fsp3) is 0.133. The van der Waals surface area contributed by atoms with Crippen LogP contribution in [0.4, 0.5) is 0 Å². The van der Waals surface area contributed by atoms with Gasteiger partial charge in [-0.2, -0.15) is 0 Å². The van der Waals surface area contributed by atoms with Gasteiger partial charge in [-0.3, -0.25) is 0 Å². The Morgan fingerprint density at radius 2 is 1.90 bits per heavy atom. The second-order valence-electron chi connectivity index (χ2n) is 4.40. The van der Waals surface area contributed by atoms with E-state index < -0.39 is 0 Å². The van der Waals surface area contributed by atoms with E-state index in [-0.39, 0.29) is 0 Å². The first kappa shape index (κ1) is 13.0. The summed E-state index contributed by atoms with van der Waals surface area (Å²) in [4.78, 5) is 12.8. The summed E-state index contributed by atoms with van der Waals surface area (Å²) in [5.41, 5.74) is 3.97. The van der Waals surface area contributed by atoms with Gasteiger partial charge in [-0.15, -0.1) is 0 Å². The number of rotatable bonds is 2. The van der Waals surface area contributed by atoms with E-state index in [1.54, 1.807) is 19.6 Å². The topological polar surface area (TPSA) is 47.9 Å². The molecule has 0 aliphatic rings. The molecule has 0 aliphatic heterocycles. The fourth-order valence-corrected chi connectivity index (χ4v) is 2.65. The van der Waals surface area contributed by atoms with Gasteiger partial charge in [-0.05, 0) is 46.6 Å². The van der Waals surface area contributed by atoms with E-state index in [1.807, 2.05) is 25.1 Å². The smallest absolute Gasteiger partial charge is 0.212 e. The summed E-state index contributed by atoms with van der Waals surface area (Å²) in [6, 6.07) is 7.96. The van der Waals surface area contributed by atoms with Crippen molar-refractivity contribution in [1.29, 1.82) is 0 Å². The Morgan fingerprint density at radius 3 is 2.60 bits per heavy atom. The van der Waals surface area contributed by atoms with Crippen molar-refractivity contribution in [3.05, 3.63) is 47.0 Å². The molecule has 0 radical (unpaired) electrons. The van der Waals surface area contributed by atoms with E-state index in [1.165, 1.54) is 0 Å². The van der Waals surface area contributed by atoms with Gasteiger partial charge in [0, 0.05) is 33.4 Å². The second kappa shape index (κ2) is 5.17. The van der Waals surface area contributed by atoms with Crippen molar-refractivity contribution in [3.63, 3.8) is 0 Å². The number of hydrogen-bond donors (Lipinski definition) is 0. The van der Waals surface area contributed by atoms with E-state index >= 15 is 0 Å². The number of aryl methyl sites for hydroxylation is 1. The summed E-state index contributed by atoms with van der Waals surface area (Å²) in [5, 5.41) is 1.03. The summed E-state index contributed by atoms with van der Waals surface area (Å²) in [6.07, 6.45) is 3.38. The van der Waals surface area contributed by atoms with Crippen LogP contribution in [-0.2, 0) is 0 Å². The van der Waals surface area contributed by atoms with Crippen LogP contribution in [0.1, 0.15) is 5.69 Å². The molecule has 2 aromatic heterocycles. The predicted octanol–water partition coefficient (Wildman–Crippen LogP) is 3.77. The monoisotopic (exact) mass is 329 g/mol. The maximum atomic E-state index is 5.08. The molecule has 0 aliphatic carbocycles. The Bertz CT molecular complexity index is 772. The van der Waals surface area contributed by atoms with Gasteiger partial charge in [0.15, 0.2) is 0 Å². The van der Waals surface area contributed by atoms with Crippen LogP contribution in [0.15, 0.2) is 41.3 Å². The minimum Gasteiger partial charge on any atom is -0.481 e. The molecule has 2 heterocycles. The Kier molecular flexibility index (Phi) is 3.36. The van der Waals surface area contributed by atoms with Crippen molar-refractivity contribution < 1.29 is 4.74 Å². The Morgan fingerprint density at radius 1 is 1.05 bits per heavy atom. The number of pyridine rings is 1. The van der Waals surface area contributed by atoms with Gasteiger partial charge in [0.1, 0.15) is 6.33 Å². The van der Waals surface area contributed by atoms with Crippen LogP contribution in [0.3, 0.4) is 0 Å². The molecule has 0 bridgehead atoms. The SMILES string of the molecule is COc1ccc(-c2cc(Br)c3ncnc(C)c3c2)cn1. The molecule has 0 fully saturated rings.